The zero-order valence-electron chi connectivity index (χ0n) is 15.7. The Bertz CT molecular complexity index is 990. The van der Waals surface area contributed by atoms with Crippen LogP contribution in [0.25, 0.3) is 22.3 Å². The Morgan fingerprint density at radius 1 is 1.04 bits per heavy atom. The lowest BCUT2D eigenvalue weighted by molar-refractivity contribution is 0.0369. The van der Waals surface area contributed by atoms with Crippen molar-refractivity contribution in [2.45, 2.75) is 19.9 Å². The summed E-state index contributed by atoms with van der Waals surface area (Å²) in [6, 6.07) is 15.8. The molecule has 2 aromatic carbocycles. The number of aromatic nitrogens is 2. The SMILES string of the molecule is Cc1cccc(-c2nc3ccccc3c(=O)n2CCCN2CCOCC2)c1. The monoisotopic (exact) mass is 363 g/mol. The van der Waals surface area contributed by atoms with Crippen LogP contribution >= 0.6 is 0 Å². The zero-order chi connectivity index (χ0) is 18.6. The molecule has 1 aromatic heterocycles. The van der Waals surface area contributed by atoms with E-state index in [2.05, 4.69) is 24.0 Å². The Morgan fingerprint density at radius 3 is 2.67 bits per heavy atom. The fourth-order valence-corrected chi connectivity index (χ4v) is 3.66. The van der Waals surface area contributed by atoms with Crippen LogP contribution < -0.4 is 5.56 Å². The normalized spacial score (nSPS) is 15.3. The van der Waals surface area contributed by atoms with E-state index in [-0.39, 0.29) is 5.56 Å². The van der Waals surface area contributed by atoms with Gasteiger partial charge < -0.3 is 4.74 Å². The van der Waals surface area contributed by atoms with Crippen molar-refractivity contribution in [2.75, 3.05) is 32.8 Å². The molecule has 0 radical (unpaired) electrons. The van der Waals surface area contributed by atoms with E-state index >= 15 is 0 Å². The summed E-state index contributed by atoms with van der Waals surface area (Å²) in [5.74, 6) is 0.754. The zero-order valence-corrected chi connectivity index (χ0v) is 15.7. The van der Waals surface area contributed by atoms with Gasteiger partial charge >= 0.3 is 0 Å². The predicted molar refractivity (Wildman–Crippen MR) is 108 cm³/mol. The predicted octanol–water partition coefficient (Wildman–Crippen LogP) is 3.09. The van der Waals surface area contributed by atoms with Gasteiger partial charge in [-0.3, -0.25) is 14.3 Å². The number of ether oxygens (including phenoxy) is 1. The molecule has 1 saturated heterocycles. The number of hydrogen-bond donors (Lipinski definition) is 0. The lowest BCUT2D eigenvalue weighted by Gasteiger charge is -2.26. The molecular formula is C22H25N3O2. The van der Waals surface area contributed by atoms with Gasteiger partial charge in [0, 0.05) is 31.7 Å². The van der Waals surface area contributed by atoms with Crippen LogP contribution in [0, 0.1) is 6.92 Å². The maximum Gasteiger partial charge on any atom is 0.261 e. The third-order valence-electron chi connectivity index (χ3n) is 5.10. The molecule has 140 valence electrons. The molecule has 3 aromatic rings. The molecule has 0 aliphatic carbocycles. The van der Waals surface area contributed by atoms with Crippen LogP contribution in [0.2, 0.25) is 0 Å². The summed E-state index contributed by atoms with van der Waals surface area (Å²) in [5.41, 5.74) is 2.95. The number of nitrogens with zero attached hydrogens (tertiary/aromatic N) is 3. The maximum absolute atomic E-state index is 13.2. The topological polar surface area (TPSA) is 47.4 Å². The number of aryl methyl sites for hydroxylation is 1. The minimum absolute atomic E-state index is 0.0408. The second-order valence-electron chi connectivity index (χ2n) is 7.09. The Balaban J connectivity index is 1.69. The van der Waals surface area contributed by atoms with Crippen molar-refractivity contribution in [3.63, 3.8) is 0 Å². The lowest BCUT2D eigenvalue weighted by Crippen LogP contribution is -2.37. The van der Waals surface area contributed by atoms with E-state index in [9.17, 15) is 4.79 Å². The summed E-state index contributed by atoms with van der Waals surface area (Å²) in [5, 5.41) is 0.681. The average Bonchev–Trinajstić information content (AvgIpc) is 2.70. The Labute approximate surface area is 159 Å². The van der Waals surface area contributed by atoms with Gasteiger partial charge in [-0.2, -0.15) is 0 Å². The van der Waals surface area contributed by atoms with Gasteiger partial charge in [0.15, 0.2) is 0 Å². The van der Waals surface area contributed by atoms with E-state index in [4.69, 9.17) is 9.72 Å². The first-order chi connectivity index (χ1) is 13.2. The van der Waals surface area contributed by atoms with Gasteiger partial charge in [0.25, 0.3) is 5.56 Å². The number of hydrogen-bond acceptors (Lipinski definition) is 4. The Morgan fingerprint density at radius 2 is 1.85 bits per heavy atom. The summed E-state index contributed by atoms with van der Waals surface area (Å²) < 4.78 is 7.26. The molecule has 1 fully saturated rings. The van der Waals surface area contributed by atoms with Crippen LogP contribution in [0.4, 0.5) is 0 Å². The average molecular weight is 363 g/mol. The smallest absolute Gasteiger partial charge is 0.261 e. The van der Waals surface area contributed by atoms with Gasteiger partial charge in [0.1, 0.15) is 5.82 Å². The summed E-state index contributed by atoms with van der Waals surface area (Å²) in [7, 11) is 0. The minimum atomic E-state index is 0.0408. The van der Waals surface area contributed by atoms with Crippen molar-refractivity contribution in [3.8, 4) is 11.4 Å². The highest BCUT2D eigenvalue weighted by atomic mass is 16.5. The second kappa shape index (κ2) is 8.03. The molecule has 1 aliphatic rings. The second-order valence-corrected chi connectivity index (χ2v) is 7.09. The molecule has 0 amide bonds. The number of benzene rings is 2. The fourth-order valence-electron chi connectivity index (χ4n) is 3.66. The first-order valence-electron chi connectivity index (χ1n) is 9.59. The van der Waals surface area contributed by atoms with Gasteiger partial charge in [-0.1, -0.05) is 35.9 Å². The van der Waals surface area contributed by atoms with Gasteiger partial charge in [0.05, 0.1) is 24.1 Å². The molecule has 5 nitrogen and oxygen atoms in total. The molecule has 2 heterocycles. The van der Waals surface area contributed by atoms with Crippen LogP contribution in [0.5, 0.6) is 0 Å². The lowest BCUT2D eigenvalue weighted by atomic mass is 10.1. The van der Waals surface area contributed by atoms with Crippen LogP contribution in [0.3, 0.4) is 0 Å². The molecule has 1 aliphatic heterocycles. The van der Waals surface area contributed by atoms with Crippen molar-refractivity contribution in [1.82, 2.24) is 14.5 Å². The van der Waals surface area contributed by atoms with Crippen LogP contribution in [0.1, 0.15) is 12.0 Å². The highest BCUT2D eigenvalue weighted by Gasteiger charge is 2.14. The number of fused-ring (bicyclic) bond motifs is 1. The van der Waals surface area contributed by atoms with E-state index in [1.54, 1.807) is 0 Å². The molecule has 5 heteroatoms. The fraction of sp³-hybridized carbons (Fsp3) is 0.364. The van der Waals surface area contributed by atoms with Crippen molar-refractivity contribution in [1.29, 1.82) is 0 Å². The summed E-state index contributed by atoms with van der Waals surface area (Å²) in [6.07, 6.45) is 0.915. The van der Waals surface area contributed by atoms with Gasteiger partial charge in [0.2, 0.25) is 0 Å². The third kappa shape index (κ3) is 3.94. The third-order valence-corrected chi connectivity index (χ3v) is 5.10. The highest BCUT2D eigenvalue weighted by Crippen LogP contribution is 2.20. The van der Waals surface area contributed by atoms with E-state index in [1.165, 1.54) is 0 Å². The minimum Gasteiger partial charge on any atom is -0.379 e. The van der Waals surface area contributed by atoms with Crippen LogP contribution in [0.15, 0.2) is 53.3 Å². The Kier molecular flexibility index (Phi) is 5.32. The molecule has 4 rings (SSSR count). The molecule has 0 saturated carbocycles. The van der Waals surface area contributed by atoms with Crippen molar-refractivity contribution >= 4 is 10.9 Å². The summed E-state index contributed by atoms with van der Waals surface area (Å²) in [4.78, 5) is 20.4. The molecular weight excluding hydrogens is 338 g/mol. The molecule has 27 heavy (non-hydrogen) atoms. The van der Waals surface area contributed by atoms with Crippen molar-refractivity contribution < 1.29 is 4.74 Å². The standard InChI is InChI=1S/C22H25N3O2/c1-17-6-4-7-18(16-17)21-23-20-9-3-2-8-19(20)22(26)25(21)11-5-10-24-12-14-27-15-13-24/h2-4,6-9,16H,5,10-15H2,1H3. The first-order valence-corrected chi connectivity index (χ1v) is 9.59. The first kappa shape index (κ1) is 17.9. The maximum atomic E-state index is 13.2. The van der Waals surface area contributed by atoms with Crippen molar-refractivity contribution in [3.05, 3.63) is 64.4 Å². The summed E-state index contributed by atoms with van der Waals surface area (Å²) in [6.45, 7) is 7.22. The van der Waals surface area contributed by atoms with E-state index in [0.29, 0.717) is 11.9 Å². The number of para-hydroxylation sites is 1. The largest absolute Gasteiger partial charge is 0.379 e. The van der Waals surface area contributed by atoms with Crippen LogP contribution in [-0.4, -0.2) is 47.3 Å². The van der Waals surface area contributed by atoms with Crippen molar-refractivity contribution in [2.24, 2.45) is 0 Å². The molecule has 0 atom stereocenters. The molecule has 0 N–H and O–H groups in total. The van der Waals surface area contributed by atoms with E-state index in [1.807, 2.05) is 41.0 Å². The molecule has 0 unspecified atom stereocenters. The molecule has 0 spiro atoms. The van der Waals surface area contributed by atoms with E-state index < -0.39 is 0 Å². The number of rotatable bonds is 5. The quantitative estimate of drug-likeness (QED) is 0.699. The van der Waals surface area contributed by atoms with Gasteiger partial charge in [-0.25, -0.2) is 4.98 Å². The summed E-state index contributed by atoms with van der Waals surface area (Å²) >= 11 is 0. The van der Waals surface area contributed by atoms with Gasteiger partial charge in [-0.05, 0) is 31.5 Å². The highest BCUT2D eigenvalue weighted by molar-refractivity contribution is 5.79. The number of morpholine rings is 1. The van der Waals surface area contributed by atoms with E-state index in [0.717, 1.165) is 61.7 Å². The van der Waals surface area contributed by atoms with Gasteiger partial charge in [-0.15, -0.1) is 0 Å². The van der Waals surface area contributed by atoms with Crippen LogP contribution in [-0.2, 0) is 11.3 Å². The molecule has 0 bridgehead atoms. The Hall–Kier alpha value is -2.50.